The van der Waals surface area contributed by atoms with E-state index in [-0.39, 0.29) is 18.2 Å². The van der Waals surface area contributed by atoms with Gasteiger partial charge in [-0.15, -0.1) is 0 Å². The van der Waals surface area contributed by atoms with Crippen molar-refractivity contribution in [3.63, 3.8) is 0 Å². The summed E-state index contributed by atoms with van der Waals surface area (Å²) in [5, 5.41) is 5.27. The van der Waals surface area contributed by atoms with E-state index >= 15 is 0 Å². The lowest BCUT2D eigenvalue weighted by Gasteiger charge is -2.11. The number of nitrogens with one attached hydrogen (secondary N) is 2. The number of rotatable bonds is 5. The van der Waals surface area contributed by atoms with Crippen molar-refractivity contribution in [2.24, 2.45) is 0 Å². The highest BCUT2D eigenvalue weighted by Gasteiger charge is 2.33. The number of carbonyl (C=O) groups excluding carboxylic acids is 2. The first-order valence-corrected chi connectivity index (χ1v) is 10.0. The van der Waals surface area contributed by atoms with E-state index in [2.05, 4.69) is 16.0 Å². The van der Waals surface area contributed by atoms with Crippen molar-refractivity contribution in [1.82, 2.24) is 20.6 Å². The third-order valence-corrected chi connectivity index (χ3v) is 5.28. The van der Waals surface area contributed by atoms with Crippen molar-refractivity contribution in [3.05, 3.63) is 81.3 Å². The number of hydrogen-bond donors (Lipinski definition) is 2. The van der Waals surface area contributed by atoms with Crippen LogP contribution >= 0.6 is 23.2 Å². The Bertz CT molecular complexity index is 1110. The summed E-state index contributed by atoms with van der Waals surface area (Å²) >= 11 is 12.3. The van der Waals surface area contributed by atoms with E-state index in [9.17, 15) is 14.0 Å². The van der Waals surface area contributed by atoms with E-state index in [0.717, 1.165) is 18.5 Å². The number of hydrazine groups is 1. The van der Waals surface area contributed by atoms with Crippen LogP contribution in [0.2, 0.25) is 10.0 Å². The molecule has 0 saturated heterocycles. The van der Waals surface area contributed by atoms with Crippen LogP contribution in [0.15, 0.2) is 48.7 Å². The third-order valence-electron chi connectivity index (χ3n) is 4.75. The zero-order chi connectivity index (χ0) is 21.3. The van der Waals surface area contributed by atoms with Gasteiger partial charge in [-0.25, -0.2) is 9.07 Å². The molecule has 1 aliphatic carbocycles. The molecule has 2 N–H and O–H groups in total. The Labute approximate surface area is 182 Å². The van der Waals surface area contributed by atoms with Gasteiger partial charge in [0.25, 0.3) is 5.91 Å². The molecular formula is C21H17Cl2FN4O2. The summed E-state index contributed by atoms with van der Waals surface area (Å²) < 4.78 is 14.6. The second kappa shape index (κ2) is 8.45. The molecule has 1 heterocycles. The summed E-state index contributed by atoms with van der Waals surface area (Å²) in [6.45, 7) is 0. The normalized spacial score (nSPS) is 13.2. The van der Waals surface area contributed by atoms with Gasteiger partial charge >= 0.3 is 0 Å². The van der Waals surface area contributed by atoms with Crippen molar-refractivity contribution in [2.75, 3.05) is 0 Å². The van der Waals surface area contributed by atoms with Crippen molar-refractivity contribution in [1.29, 1.82) is 0 Å². The number of carbonyl (C=O) groups is 2. The summed E-state index contributed by atoms with van der Waals surface area (Å²) in [7, 11) is 0. The van der Waals surface area contributed by atoms with Gasteiger partial charge in [-0.3, -0.25) is 20.4 Å². The van der Waals surface area contributed by atoms with E-state index in [0.29, 0.717) is 26.9 Å². The monoisotopic (exact) mass is 446 g/mol. The Morgan fingerprint density at radius 1 is 1.10 bits per heavy atom. The molecule has 0 radical (unpaired) electrons. The third kappa shape index (κ3) is 4.47. The Morgan fingerprint density at radius 3 is 2.50 bits per heavy atom. The molecule has 3 aromatic rings. The maximum atomic E-state index is 13.0. The van der Waals surface area contributed by atoms with Crippen LogP contribution in [0.3, 0.4) is 0 Å². The summed E-state index contributed by atoms with van der Waals surface area (Å²) in [5.41, 5.74) is 7.17. The maximum Gasteiger partial charge on any atom is 0.273 e. The van der Waals surface area contributed by atoms with Crippen LogP contribution < -0.4 is 10.9 Å². The number of halogens is 3. The van der Waals surface area contributed by atoms with Crippen LogP contribution in [0.4, 0.5) is 4.39 Å². The number of nitrogens with zero attached hydrogens (tertiary/aromatic N) is 2. The molecule has 2 amide bonds. The SMILES string of the molecule is O=C(Cc1ccc(F)cc1)NNC(=O)c1cnn(-c2ccc(Cl)cc2Cl)c1C1CC1. The molecule has 4 rings (SSSR count). The molecule has 1 aliphatic rings. The van der Waals surface area contributed by atoms with E-state index in [4.69, 9.17) is 23.2 Å². The molecule has 0 atom stereocenters. The number of aromatic nitrogens is 2. The van der Waals surface area contributed by atoms with Crippen molar-refractivity contribution >= 4 is 35.0 Å². The first-order valence-electron chi connectivity index (χ1n) is 9.29. The number of benzene rings is 2. The minimum atomic E-state index is -0.472. The first-order chi connectivity index (χ1) is 14.4. The van der Waals surface area contributed by atoms with E-state index < -0.39 is 11.8 Å². The fourth-order valence-electron chi connectivity index (χ4n) is 3.15. The molecular weight excluding hydrogens is 430 g/mol. The van der Waals surface area contributed by atoms with E-state index in [1.165, 1.54) is 30.5 Å². The molecule has 1 saturated carbocycles. The zero-order valence-electron chi connectivity index (χ0n) is 15.7. The Kier molecular flexibility index (Phi) is 5.74. The fourth-order valence-corrected chi connectivity index (χ4v) is 3.64. The number of amides is 2. The predicted molar refractivity (Wildman–Crippen MR) is 111 cm³/mol. The molecule has 0 spiro atoms. The lowest BCUT2D eigenvalue weighted by atomic mass is 10.1. The van der Waals surface area contributed by atoms with Gasteiger partial charge in [-0.05, 0) is 48.7 Å². The Balaban J connectivity index is 1.48. The second-order valence-electron chi connectivity index (χ2n) is 7.03. The highest BCUT2D eigenvalue weighted by atomic mass is 35.5. The van der Waals surface area contributed by atoms with Gasteiger partial charge in [0.15, 0.2) is 0 Å². The molecule has 154 valence electrons. The van der Waals surface area contributed by atoms with Crippen molar-refractivity contribution in [3.8, 4) is 5.69 Å². The average molecular weight is 447 g/mol. The largest absolute Gasteiger partial charge is 0.273 e. The quantitative estimate of drug-likeness (QED) is 0.576. The van der Waals surface area contributed by atoms with E-state index in [1.54, 1.807) is 22.9 Å². The van der Waals surface area contributed by atoms with E-state index in [1.807, 2.05) is 0 Å². The highest BCUT2D eigenvalue weighted by molar-refractivity contribution is 6.35. The van der Waals surface area contributed by atoms with Crippen molar-refractivity contribution < 1.29 is 14.0 Å². The van der Waals surface area contributed by atoms with Gasteiger partial charge in [0, 0.05) is 10.9 Å². The van der Waals surface area contributed by atoms with Gasteiger partial charge in [0.05, 0.1) is 34.6 Å². The zero-order valence-corrected chi connectivity index (χ0v) is 17.2. The molecule has 1 aromatic heterocycles. The van der Waals surface area contributed by atoms with Crippen LogP contribution in [0.5, 0.6) is 0 Å². The molecule has 0 unspecified atom stereocenters. The topological polar surface area (TPSA) is 76.0 Å². The lowest BCUT2D eigenvalue weighted by molar-refractivity contribution is -0.121. The molecule has 0 bridgehead atoms. The predicted octanol–water partition coefficient (Wildman–Crippen LogP) is 4.20. The maximum absolute atomic E-state index is 13.0. The Morgan fingerprint density at radius 2 is 1.83 bits per heavy atom. The average Bonchev–Trinajstić information content (AvgIpc) is 3.46. The molecule has 6 nitrogen and oxygen atoms in total. The second-order valence-corrected chi connectivity index (χ2v) is 7.87. The molecule has 0 aliphatic heterocycles. The summed E-state index contributed by atoms with van der Waals surface area (Å²) in [6, 6.07) is 10.7. The number of hydrogen-bond acceptors (Lipinski definition) is 3. The van der Waals surface area contributed by atoms with Crippen LogP contribution in [0, 0.1) is 5.82 Å². The van der Waals surface area contributed by atoms with Crippen molar-refractivity contribution in [2.45, 2.75) is 25.2 Å². The summed E-state index contributed by atoms with van der Waals surface area (Å²) in [5.74, 6) is -1.08. The molecule has 30 heavy (non-hydrogen) atoms. The van der Waals surface area contributed by atoms with Crippen LogP contribution in [0.25, 0.3) is 5.69 Å². The van der Waals surface area contributed by atoms with Gasteiger partial charge in [-0.2, -0.15) is 5.10 Å². The first kappa shape index (κ1) is 20.4. The standard InChI is InChI=1S/C21H17Cl2FN4O2/c22-14-5-8-18(17(23)10-14)28-20(13-3-4-13)16(11-25-28)21(30)27-26-19(29)9-12-1-6-15(24)7-2-12/h1-2,5-8,10-11,13H,3-4,9H2,(H,26,29)(H,27,30). The molecule has 2 aromatic carbocycles. The molecule has 1 fully saturated rings. The summed E-state index contributed by atoms with van der Waals surface area (Å²) in [6.07, 6.45) is 3.35. The smallest absolute Gasteiger partial charge is 0.273 e. The summed E-state index contributed by atoms with van der Waals surface area (Å²) in [4.78, 5) is 24.8. The van der Waals surface area contributed by atoms with Gasteiger partial charge in [0.1, 0.15) is 5.82 Å². The van der Waals surface area contributed by atoms with Crippen LogP contribution in [0.1, 0.15) is 40.4 Å². The minimum Gasteiger partial charge on any atom is -0.273 e. The lowest BCUT2D eigenvalue weighted by Crippen LogP contribution is -2.42. The van der Waals surface area contributed by atoms with Gasteiger partial charge in [0.2, 0.25) is 5.91 Å². The minimum absolute atomic E-state index is 0.00961. The van der Waals surface area contributed by atoms with Crippen LogP contribution in [-0.2, 0) is 11.2 Å². The Hall–Kier alpha value is -2.90. The highest BCUT2D eigenvalue weighted by Crippen LogP contribution is 2.43. The fraction of sp³-hybridized carbons (Fsp3) is 0.190. The van der Waals surface area contributed by atoms with Gasteiger partial charge in [-0.1, -0.05) is 35.3 Å². The van der Waals surface area contributed by atoms with Crippen LogP contribution in [-0.4, -0.2) is 21.6 Å². The molecule has 9 heteroatoms. The van der Waals surface area contributed by atoms with Gasteiger partial charge < -0.3 is 0 Å².